The van der Waals surface area contributed by atoms with E-state index in [9.17, 15) is 24.6 Å². The van der Waals surface area contributed by atoms with Gasteiger partial charge in [0.15, 0.2) is 5.60 Å². The van der Waals surface area contributed by atoms with Crippen molar-refractivity contribution in [2.45, 2.75) is 70.1 Å². The van der Waals surface area contributed by atoms with Gasteiger partial charge in [-0.15, -0.1) is 0 Å². The second-order valence-electron chi connectivity index (χ2n) is 12.2. The number of furan rings is 1. The van der Waals surface area contributed by atoms with Gasteiger partial charge in [0.25, 0.3) is 5.91 Å². The minimum atomic E-state index is -1.45. The Labute approximate surface area is 259 Å². The van der Waals surface area contributed by atoms with Crippen LogP contribution in [0, 0.1) is 0 Å². The normalized spacial score (nSPS) is 14.9. The molecule has 6 rings (SSSR count). The van der Waals surface area contributed by atoms with Crippen LogP contribution in [0.1, 0.15) is 67.9 Å². The van der Waals surface area contributed by atoms with Crippen molar-refractivity contribution in [2.75, 3.05) is 0 Å². The first-order valence-corrected chi connectivity index (χ1v) is 15.1. The summed E-state index contributed by atoms with van der Waals surface area (Å²) < 4.78 is 15.2. The monoisotopic (exact) mass is 612 g/mol. The van der Waals surface area contributed by atoms with Gasteiger partial charge in [0, 0.05) is 42.2 Å². The lowest BCUT2D eigenvalue weighted by molar-refractivity contribution is -0.152. The quantitative estimate of drug-likeness (QED) is 0.175. The van der Waals surface area contributed by atoms with Crippen LogP contribution in [-0.4, -0.2) is 53.8 Å². The third-order valence-electron chi connectivity index (χ3n) is 8.63. The highest BCUT2D eigenvalue weighted by atomic mass is 16.5. The Balaban J connectivity index is 1.27. The highest BCUT2D eigenvalue weighted by molar-refractivity contribution is 6.00. The van der Waals surface area contributed by atoms with Crippen LogP contribution in [0.25, 0.3) is 33.3 Å². The van der Waals surface area contributed by atoms with Crippen LogP contribution in [0.2, 0.25) is 0 Å². The van der Waals surface area contributed by atoms with Gasteiger partial charge >= 0.3 is 11.9 Å². The summed E-state index contributed by atoms with van der Waals surface area (Å²) in [5.74, 6) is -1.67. The Kier molecular flexibility index (Phi) is 7.86. The molecule has 1 fully saturated rings. The predicted octanol–water partition coefficient (Wildman–Crippen LogP) is 5.96. The molecule has 0 saturated heterocycles. The number of benzene rings is 2. The molecular weight excluding hydrogens is 576 g/mol. The van der Waals surface area contributed by atoms with Gasteiger partial charge in [0.05, 0.1) is 22.9 Å². The number of imidazole rings is 1. The van der Waals surface area contributed by atoms with Gasteiger partial charge in [-0.2, -0.15) is 0 Å². The summed E-state index contributed by atoms with van der Waals surface area (Å²) in [5.41, 5.74) is 2.78. The Bertz CT molecular complexity index is 1890. The molecule has 11 nitrogen and oxygen atoms in total. The van der Waals surface area contributed by atoms with Gasteiger partial charge in [-0.1, -0.05) is 19.3 Å². The van der Waals surface area contributed by atoms with Crippen LogP contribution < -0.4 is 10.1 Å². The zero-order valence-electron chi connectivity index (χ0n) is 25.4. The third kappa shape index (κ3) is 5.90. The number of rotatable bonds is 10. The minimum absolute atomic E-state index is 0.00732. The topological polar surface area (TPSA) is 149 Å². The molecule has 3 heterocycles. The van der Waals surface area contributed by atoms with Crippen molar-refractivity contribution in [1.29, 1.82) is 0 Å². The molecule has 0 radical (unpaired) electrons. The average Bonchev–Trinajstić information content (AvgIpc) is 3.74. The first-order chi connectivity index (χ1) is 21.5. The van der Waals surface area contributed by atoms with Gasteiger partial charge in [-0.25, -0.2) is 14.6 Å². The summed E-state index contributed by atoms with van der Waals surface area (Å²) in [6.07, 6.45) is 10.7. The first-order valence-electron chi connectivity index (χ1n) is 15.1. The fourth-order valence-corrected chi connectivity index (χ4v) is 6.22. The molecule has 11 heteroatoms. The van der Waals surface area contributed by atoms with Crippen LogP contribution in [0.15, 0.2) is 65.6 Å². The van der Waals surface area contributed by atoms with Crippen molar-refractivity contribution in [3.63, 3.8) is 0 Å². The highest BCUT2D eigenvalue weighted by Crippen LogP contribution is 2.36. The Morgan fingerprint density at radius 3 is 2.51 bits per heavy atom. The van der Waals surface area contributed by atoms with Crippen molar-refractivity contribution in [1.82, 2.24) is 19.4 Å². The van der Waals surface area contributed by atoms with Gasteiger partial charge in [0.2, 0.25) is 0 Å². The zero-order chi connectivity index (χ0) is 31.9. The van der Waals surface area contributed by atoms with Crippen molar-refractivity contribution >= 4 is 39.8 Å². The van der Waals surface area contributed by atoms with E-state index >= 15 is 0 Å². The standard InChI is InChI=1S/C34H36N4O7/c1-34(2,33(42)43)45-24-10-12-28-25(17-24)22(18-37(28)3)16-27(32(40)41)36-31(39)20-9-11-29-26(15-20)35-30(21-13-14-44-19-21)38(29)23-7-5-4-6-8-23/h9-15,17-19,23,27H,4-8,16H2,1-3H3,(H,36,39)(H,40,41)(H,42,43)/t27-/m0/s1. The maximum absolute atomic E-state index is 13.5. The number of carboxylic acid groups (broad SMARTS) is 2. The predicted molar refractivity (Wildman–Crippen MR) is 167 cm³/mol. The number of nitrogens with one attached hydrogen (secondary N) is 1. The lowest BCUT2D eigenvalue weighted by Crippen LogP contribution is -2.42. The Morgan fingerprint density at radius 2 is 1.82 bits per heavy atom. The number of amides is 1. The molecule has 5 aromatic rings. The van der Waals surface area contributed by atoms with Crippen LogP contribution in [0.4, 0.5) is 0 Å². The Morgan fingerprint density at radius 1 is 1.07 bits per heavy atom. The van der Waals surface area contributed by atoms with Crippen LogP contribution in [0.5, 0.6) is 5.75 Å². The third-order valence-corrected chi connectivity index (χ3v) is 8.63. The number of ether oxygens (including phenoxy) is 1. The first kappa shape index (κ1) is 30.0. The van der Waals surface area contributed by atoms with Gasteiger partial charge in [-0.3, -0.25) is 4.79 Å². The summed E-state index contributed by atoms with van der Waals surface area (Å²) in [5, 5.41) is 23.0. The molecule has 0 aliphatic heterocycles. The largest absolute Gasteiger partial charge is 0.480 e. The number of aliphatic carboxylic acids is 2. The van der Waals surface area contributed by atoms with E-state index < -0.39 is 29.5 Å². The fraction of sp³-hybridized carbons (Fsp3) is 0.353. The summed E-state index contributed by atoms with van der Waals surface area (Å²) >= 11 is 0. The average molecular weight is 613 g/mol. The molecule has 1 atom stereocenters. The molecule has 45 heavy (non-hydrogen) atoms. The molecule has 3 aromatic heterocycles. The smallest absolute Gasteiger partial charge is 0.347 e. The molecule has 0 unspecified atom stereocenters. The Hall–Kier alpha value is -5.06. The zero-order valence-corrected chi connectivity index (χ0v) is 25.4. The molecular formula is C34H36N4O7. The molecule has 2 aromatic carbocycles. The lowest BCUT2D eigenvalue weighted by Gasteiger charge is -2.25. The summed E-state index contributed by atoms with van der Waals surface area (Å²) in [6, 6.07) is 11.4. The number of carbonyl (C=O) groups excluding carboxylic acids is 1. The molecule has 234 valence electrons. The molecule has 1 aliphatic rings. The number of hydrogen-bond donors (Lipinski definition) is 3. The maximum atomic E-state index is 13.5. The molecule has 1 aliphatic carbocycles. The minimum Gasteiger partial charge on any atom is -0.480 e. The SMILES string of the molecule is Cn1cc(C[C@H](NC(=O)c2ccc3c(c2)nc(-c2ccoc2)n3C2CCCCC2)C(=O)O)c2cc(OC(C)(C)C(=O)O)ccc21. The van der Waals surface area contributed by atoms with Crippen molar-refractivity contribution in [3.05, 3.63) is 72.3 Å². The number of hydrogen-bond acceptors (Lipinski definition) is 6. The van der Waals surface area contributed by atoms with E-state index in [1.807, 2.05) is 23.7 Å². The van der Waals surface area contributed by atoms with Gasteiger partial charge in [0.1, 0.15) is 23.9 Å². The number of aryl methyl sites for hydroxylation is 1. The fourth-order valence-electron chi connectivity index (χ4n) is 6.22. The molecule has 0 bridgehead atoms. The molecule has 0 spiro atoms. The van der Waals surface area contributed by atoms with E-state index in [0.717, 1.165) is 48.1 Å². The maximum Gasteiger partial charge on any atom is 0.347 e. The van der Waals surface area contributed by atoms with E-state index in [4.69, 9.17) is 14.1 Å². The number of carboxylic acids is 2. The van der Waals surface area contributed by atoms with E-state index in [1.54, 1.807) is 49.1 Å². The number of carbonyl (C=O) groups is 3. The summed E-state index contributed by atoms with van der Waals surface area (Å²) in [6.45, 7) is 2.91. The molecule has 3 N–H and O–H groups in total. The van der Waals surface area contributed by atoms with E-state index in [-0.39, 0.29) is 6.42 Å². The highest BCUT2D eigenvalue weighted by Gasteiger charge is 2.30. The second kappa shape index (κ2) is 11.8. The van der Waals surface area contributed by atoms with Crippen molar-refractivity contribution in [3.8, 4) is 17.1 Å². The molecule has 1 saturated carbocycles. The van der Waals surface area contributed by atoms with Crippen LogP contribution in [-0.2, 0) is 23.1 Å². The lowest BCUT2D eigenvalue weighted by atomic mass is 9.95. The van der Waals surface area contributed by atoms with E-state index in [2.05, 4.69) is 9.88 Å². The van der Waals surface area contributed by atoms with Crippen LogP contribution in [0.3, 0.4) is 0 Å². The second-order valence-corrected chi connectivity index (χ2v) is 12.2. The van der Waals surface area contributed by atoms with Crippen molar-refractivity contribution < 1.29 is 33.8 Å². The van der Waals surface area contributed by atoms with E-state index in [0.29, 0.717) is 33.8 Å². The number of aromatic nitrogens is 3. The molecule has 1 amide bonds. The van der Waals surface area contributed by atoms with E-state index in [1.165, 1.54) is 20.3 Å². The number of fused-ring (bicyclic) bond motifs is 2. The van der Waals surface area contributed by atoms with Crippen LogP contribution >= 0.6 is 0 Å². The van der Waals surface area contributed by atoms with Crippen molar-refractivity contribution in [2.24, 2.45) is 7.05 Å². The summed E-state index contributed by atoms with van der Waals surface area (Å²) in [7, 11) is 1.83. The van der Waals surface area contributed by atoms with Gasteiger partial charge < -0.3 is 33.8 Å². The van der Waals surface area contributed by atoms with Gasteiger partial charge in [-0.05, 0) is 74.7 Å². The number of nitrogens with zero attached hydrogens (tertiary/aromatic N) is 3. The summed E-state index contributed by atoms with van der Waals surface area (Å²) in [4.78, 5) is 42.3.